The molecule has 0 bridgehead atoms. The molecule has 12 heavy (non-hydrogen) atoms. The van der Waals surface area contributed by atoms with Gasteiger partial charge in [0.1, 0.15) is 0 Å². The molecule has 5 heteroatoms. The smallest absolute Gasteiger partial charge is 0.407 e. The third-order valence-corrected chi connectivity index (χ3v) is 1.46. The molecule has 0 aromatic heterocycles. The molecule has 0 aliphatic carbocycles. The van der Waals surface area contributed by atoms with Crippen molar-refractivity contribution in [3.8, 4) is 0 Å². The minimum absolute atomic E-state index is 0.125. The fourth-order valence-corrected chi connectivity index (χ4v) is 0.745. The van der Waals surface area contributed by atoms with Crippen molar-refractivity contribution in [3.05, 3.63) is 0 Å². The van der Waals surface area contributed by atoms with Crippen LogP contribution < -0.4 is 0 Å². The van der Waals surface area contributed by atoms with Crippen molar-refractivity contribution >= 4 is 6.09 Å². The molecular weight excluding hydrogens is 160 g/mol. The highest BCUT2D eigenvalue weighted by Crippen LogP contribution is 1.89. The van der Waals surface area contributed by atoms with E-state index in [0.717, 1.165) is 0 Å². The van der Waals surface area contributed by atoms with Crippen LogP contribution in [0, 0.1) is 0 Å². The Balaban J connectivity index is 3.71. The van der Waals surface area contributed by atoms with Crippen LogP contribution in [0.4, 0.5) is 4.79 Å². The fourth-order valence-electron chi connectivity index (χ4n) is 0.745. The molecule has 0 aromatic rings. The number of aliphatic hydroxyl groups excluding tert-OH is 1. The van der Waals surface area contributed by atoms with E-state index in [1.165, 1.54) is 4.90 Å². The first-order valence-electron chi connectivity index (χ1n) is 3.81. The van der Waals surface area contributed by atoms with Crippen LogP contribution in [0.25, 0.3) is 0 Å². The zero-order chi connectivity index (χ0) is 9.56. The minimum Gasteiger partial charge on any atom is -0.465 e. The Hall–Kier alpha value is -0.810. The Morgan fingerprint density at radius 2 is 1.83 bits per heavy atom. The summed E-state index contributed by atoms with van der Waals surface area (Å²) in [5.74, 6) is 0. The first-order chi connectivity index (χ1) is 5.57. The summed E-state index contributed by atoms with van der Waals surface area (Å²) in [4.78, 5) is 13.6. The standard InChI is InChI=1S/C7H16N2O3/c1-8(2)3-4-9(5-6-10)7(11)12/h10H,3-6H2,1-2H3,(H,11,12). The van der Waals surface area contributed by atoms with Crippen molar-refractivity contribution < 1.29 is 15.0 Å². The molecule has 0 aliphatic heterocycles. The first kappa shape index (κ1) is 11.2. The van der Waals surface area contributed by atoms with Gasteiger partial charge in [-0.25, -0.2) is 4.79 Å². The van der Waals surface area contributed by atoms with Gasteiger partial charge in [-0.05, 0) is 14.1 Å². The van der Waals surface area contributed by atoms with Crippen molar-refractivity contribution in [2.45, 2.75) is 0 Å². The summed E-state index contributed by atoms with van der Waals surface area (Å²) in [6, 6.07) is 0. The molecule has 0 aliphatic rings. The summed E-state index contributed by atoms with van der Waals surface area (Å²) in [7, 11) is 3.75. The molecule has 0 saturated heterocycles. The van der Waals surface area contributed by atoms with Crippen molar-refractivity contribution in [1.82, 2.24) is 9.80 Å². The Morgan fingerprint density at radius 3 is 2.17 bits per heavy atom. The lowest BCUT2D eigenvalue weighted by Crippen LogP contribution is -2.37. The number of hydrogen-bond donors (Lipinski definition) is 2. The SMILES string of the molecule is CN(C)CCN(CCO)C(=O)O. The van der Waals surface area contributed by atoms with Crippen LogP contribution in [0.15, 0.2) is 0 Å². The van der Waals surface area contributed by atoms with Gasteiger partial charge in [0.25, 0.3) is 0 Å². The van der Waals surface area contributed by atoms with Crippen LogP contribution in [0.3, 0.4) is 0 Å². The maximum atomic E-state index is 10.5. The highest BCUT2D eigenvalue weighted by atomic mass is 16.4. The van der Waals surface area contributed by atoms with Gasteiger partial charge in [0.2, 0.25) is 0 Å². The maximum Gasteiger partial charge on any atom is 0.407 e. The Morgan fingerprint density at radius 1 is 1.25 bits per heavy atom. The molecule has 0 spiro atoms. The lowest BCUT2D eigenvalue weighted by atomic mass is 10.5. The molecule has 0 aromatic carbocycles. The van der Waals surface area contributed by atoms with Gasteiger partial charge in [-0.2, -0.15) is 0 Å². The molecule has 0 fully saturated rings. The molecule has 0 heterocycles. The van der Waals surface area contributed by atoms with E-state index in [1.54, 1.807) is 0 Å². The Bertz CT molecular complexity index is 139. The Labute approximate surface area is 72.2 Å². The van der Waals surface area contributed by atoms with Crippen LogP contribution in [0.5, 0.6) is 0 Å². The van der Waals surface area contributed by atoms with Gasteiger partial charge < -0.3 is 20.0 Å². The second kappa shape index (κ2) is 5.79. The second-order valence-electron chi connectivity index (χ2n) is 2.80. The van der Waals surface area contributed by atoms with Gasteiger partial charge >= 0.3 is 6.09 Å². The number of likely N-dealkylation sites (N-methyl/N-ethyl adjacent to an activating group) is 1. The number of amides is 1. The maximum absolute atomic E-state index is 10.5. The number of nitrogens with zero attached hydrogens (tertiary/aromatic N) is 2. The van der Waals surface area contributed by atoms with E-state index in [0.29, 0.717) is 13.1 Å². The number of rotatable bonds is 5. The third kappa shape index (κ3) is 4.92. The number of hydrogen-bond acceptors (Lipinski definition) is 3. The van der Waals surface area contributed by atoms with Crippen LogP contribution in [-0.2, 0) is 0 Å². The summed E-state index contributed by atoms with van der Waals surface area (Å²) in [6.07, 6.45) is -0.981. The molecule has 0 saturated carbocycles. The molecule has 2 N–H and O–H groups in total. The quantitative estimate of drug-likeness (QED) is 0.594. The van der Waals surface area contributed by atoms with E-state index >= 15 is 0 Å². The third-order valence-electron chi connectivity index (χ3n) is 1.46. The fraction of sp³-hybridized carbons (Fsp3) is 0.857. The summed E-state index contributed by atoms with van der Waals surface area (Å²) in [5.41, 5.74) is 0. The van der Waals surface area contributed by atoms with Gasteiger partial charge in [-0.15, -0.1) is 0 Å². The summed E-state index contributed by atoms with van der Waals surface area (Å²) >= 11 is 0. The molecular formula is C7H16N2O3. The lowest BCUT2D eigenvalue weighted by Gasteiger charge is -2.19. The van der Waals surface area contributed by atoms with E-state index in [1.807, 2.05) is 19.0 Å². The normalized spacial score (nSPS) is 10.3. The van der Waals surface area contributed by atoms with Gasteiger partial charge in [-0.1, -0.05) is 0 Å². The van der Waals surface area contributed by atoms with E-state index in [2.05, 4.69) is 0 Å². The van der Waals surface area contributed by atoms with Crippen LogP contribution in [0.2, 0.25) is 0 Å². The van der Waals surface area contributed by atoms with E-state index in [-0.39, 0.29) is 13.2 Å². The first-order valence-corrected chi connectivity index (χ1v) is 3.81. The van der Waals surface area contributed by atoms with Crippen molar-refractivity contribution in [1.29, 1.82) is 0 Å². The van der Waals surface area contributed by atoms with Crippen molar-refractivity contribution in [2.24, 2.45) is 0 Å². The number of carbonyl (C=O) groups is 1. The number of aliphatic hydroxyl groups is 1. The minimum atomic E-state index is -0.981. The molecule has 72 valence electrons. The molecule has 1 amide bonds. The Kier molecular flexibility index (Phi) is 5.40. The van der Waals surface area contributed by atoms with E-state index < -0.39 is 6.09 Å². The summed E-state index contributed by atoms with van der Waals surface area (Å²) in [6.45, 7) is 1.16. The van der Waals surface area contributed by atoms with Crippen LogP contribution in [-0.4, -0.2) is 66.4 Å². The highest BCUT2D eigenvalue weighted by Gasteiger charge is 2.09. The van der Waals surface area contributed by atoms with E-state index in [4.69, 9.17) is 10.2 Å². The van der Waals surface area contributed by atoms with Crippen LogP contribution in [0.1, 0.15) is 0 Å². The van der Waals surface area contributed by atoms with Gasteiger partial charge in [0.15, 0.2) is 0 Å². The molecule has 5 nitrogen and oxygen atoms in total. The van der Waals surface area contributed by atoms with Gasteiger partial charge in [0.05, 0.1) is 6.61 Å². The zero-order valence-electron chi connectivity index (χ0n) is 7.53. The summed E-state index contributed by atoms with van der Waals surface area (Å²) in [5, 5.41) is 17.1. The second-order valence-corrected chi connectivity index (χ2v) is 2.80. The average molecular weight is 176 g/mol. The predicted molar refractivity (Wildman–Crippen MR) is 45.2 cm³/mol. The van der Waals surface area contributed by atoms with Gasteiger partial charge in [-0.3, -0.25) is 0 Å². The molecule has 0 unspecified atom stereocenters. The van der Waals surface area contributed by atoms with Gasteiger partial charge in [0, 0.05) is 19.6 Å². The van der Waals surface area contributed by atoms with Crippen molar-refractivity contribution in [3.63, 3.8) is 0 Å². The largest absolute Gasteiger partial charge is 0.465 e. The average Bonchev–Trinajstić information content (AvgIpc) is 1.96. The van der Waals surface area contributed by atoms with Crippen LogP contribution >= 0.6 is 0 Å². The topological polar surface area (TPSA) is 64.0 Å². The monoisotopic (exact) mass is 176 g/mol. The zero-order valence-corrected chi connectivity index (χ0v) is 7.53. The van der Waals surface area contributed by atoms with E-state index in [9.17, 15) is 4.79 Å². The highest BCUT2D eigenvalue weighted by molar-refractivity contribution is 5.64. The molecule has 0 radical (unpaired) electrons. The predicted octanol–water partition coefficient (Wildman–Crippen LogP) is -0.480. The molecule has 0 rings (SSSR count). The summed E-state index contributed by atoms with van der Waals surface area (Å²) < 4.78 is 0. The molecule has 0 atom stereocenters. The van der Waals surface area contributed by atoms with Crippen molar-refractivity contribution in [2.75, 3.05) is 40.3 Å². The lowest BCUT2D eigenvalue weighted by molar-refractivity contribution is 0.128. The number of carboxylic acid groups (broad SMARTS) is 1.